The highest BCUT2D eigenvalue weighted by atomic mass is 35.5. The minimum Gasteiger partial charge on any atom is -0.341 e. The maximum atomic E-state index is 12.8. The number of hydrogen-bond donors (Lipinski definition) is 0. The molecule has 0 bridgehead atoms. The fourth-order valence-corrected chi connectivity index (χ4v) is 3.27. The summed E-state index contributed by atoms with van der Waals surface area (Å²) in [6.07, 6.45) is 1.59. The fraction of sp³-hybridized carbons (Fsp3) is 0.526. The monoisotopic (exact) mass is 361 g/mol. The van der Waals surface area contributed by atoms with E-state index < -0.39 is 0 Å². The quantitative estimate of drug-likeness (QED) is 0.808. The Balaban J connectivity index is 2.04. The second-order valence-corrected chi connectivity index (χ2v) is 6.94. The molecule has 25 heavy (non-hydrogen) atoms. The first-order valence-corrected chi connectivity index (χ1v) is 9.07. The lowest BCUT2D eigenvalue weighted by atomic mass is 9.95. The van der Waals surface area contributed by atoms with Crippen molar-refractivity contribution in [3.8, 4) is 6.07 Å². The number of carbonyl (C=O) groups excluding carboxylic acids is 2. The molecule has 134 valence electrons. The molecule has 0 aliphatic carbocycles. The molecule has 1 fully saturated rings. The lowest BCUT2D eigenvalue weighted by Gasteiger charge is -2.35. The van der Waals surface area contributed by atoms with Crippen LogP contribution in [-0.2, 0) is 4.79 Å². The Bertz CT molecular complexity index is 654. The van der Waals surface area contributed by atoms with Crippen molar-refractivity contribution in [2.75, 3.05) is 26.2 Å². The van der Waals surface area contributed by atoms with E-state index in [1.54, 1.807) is 34.1 Å². The Labute approximate surface area is 154 Å². The van der Waals surface area contributed by atoms with Crippen LogP contribution < -0.4 is 0 Å². The lowest BCUT2D eigenvalue weighted by molar-refractivity contribution is -0.137. The van der Waals surface area contributed by atoms with E-state index in [9.17, 15) is 9.59 Å². The molecule has 2 amide bonds. The minimum atomic E-state index is -0.198. The Kier molecular flexibility index (Phi) is 6.83. The first kappa shape index (κ1) is 19.3. The van der Waals surface area contributed by atoms with Gasteiger partial charge in [0.25, 0.3) is 5.91 Å². The molecule has 1 aliphatic heterocycles. The second kappa shape index (κ2) is 8.87. The average Bonchev–Trinajstić information content (AvgIpc) is 2.65. The minimum absolute atomic E-state index is 0.0400. The van der Waals surface area contributed by atoms with Gasteiger partial charge in [0.1, 0.15) is 0 Å². The number of piperidine rings is 1. The zero-order valence-electron chi connectivity index (χ0n) is 14.7. The average molecular weight is 362 g/mol. The van der Waals surface area contributed by atoms with Gasteiger partial charge in [-0.15, -0.1) is 0 Å². The SMILES string of the molecule is CCN(CC(C)C#N)C(=O)C1CCCN(C(=O)c2ccc(Cl)cc2)C1. The van der Waals surface area contributed by atoms with Crippen molar-refractivity contribution in [3.05, 3.63) is 34.9 Å². The first-order chi connectivity index (χ1) is 12.0. The molecule has 2 atom stereocenters. The molecular formula is C19H24ClN3O2. The van der Waals surface area contributed by atoms with Crippen LogP contribution in [0.1, 0.15) is 37.0 Å². The highest BCUT2D eigenvalue weighted by Gasteiger charge is 2.31. The smallest absolute Gasteiger partial charge is 0.253 e. The molecule has 5 nitrogen and oxygen atoms in total. The zero-order chi connectivity index (χ0) is 18.4. The Morgan fingerprint density at radius 3 is 2.68 bits per heavy atom. The maximum Gasteiger partial charge on any atom is 0.253 e. The van der Waals surface area contributed by atoms with Gasteiger partial charge in [0.15, 0.2) is 0 Å². The molecule has 0 aromatic heterocycles. The van der Waals surface area contributed by atoms with Crippen LogP contribution in [0, 0.1) is 23.2 Å². The molecule has 1 saturated heterocycles. The van der Waals surface area contributed by atoms with Gasteiger partial charge in [-0.05, 0) is 51.0 Å². The molecule has 2 rings (SSSR count). The molecule has 1 aromatic rings. The number of hydrogen-bond acceptors (Lipinski definition) is 3. The summed E-state index contributed by atoms with van der Waals surface area (Å²) in [4.78, 5) is 28.9. The number of benzene rings is 1. The van der Waals surface area contributed by atoms with Crippen LogP contribution in [-0.4, -0.2) is 47.8 Å². The third kappa shape index (κ3) is 4.96. The van der Waals surface area contributed by atoms with Crippen LogP contribution in [0.15, 0.2) is 24.3 Å². The predicted octanol–water partition coefficient (Wildman–Crippen LogP) is 3.20. The summed E-state index contributed by atoms with van der Waals surface area (Å²) >= 11 is 5.87. The van der Waals surface area contributed by atoms with Gasteiger partial charge in [0, 0.05) is 36.8 Å². The lowest BCUT2D eigenvalue weighted by Crippen LogP contribution is -2.47. The normalized spacial score (nSPS) is 18.3. The highest BCUT2D eigenvalue weighted by molar-refractivity contribution is 6.30. The molecule has 0 radical (unpaired) electrons. The van der Waals surface area contributed by atoms with E-state index in [2.05, 4.69) is 6.07 Å². The number of carbonyl (C=O) groups is 2. The molecule has 2 unspecified atom stereocenters. The van der Waals surface area contributed by atoms with Crippen molar-refractivity contribution in [3.63, 3.8) is 0 Å². The largest absolute Gasteiger partial charge is 0.341 e. The van der Waals surface area contributed by atoms with Gasteiger partial charge < -0.3 is 9.80 Å². The van der Waals surface area contributed by atoms with Gasteiger partial charge in [0.2, 0.25) is 5.91 Å². The third-order valence-corrected chi connectivity index (χ3v) is 4.81. The number of nitrogens with zero attached hydrogens (tertiary/aromatic N) is 3. The van der Waals surface area contributed by atoms with Gasteiger partial charge >= 0.3 is 0 Å². The van der Waals surface area contributed by atoms with Crippen LogP contribution in [0.2, 0.25) is 5.02 Å². The summed E-state index contributed by atoms with van der Waals surface area (Å²) < 4.78 is 0. The van der Waals surface area contributed by atoms with Crippen molar-refractivity contribution >= 4 is 23.4 Å². The van der Waals surface area contributed by atoms with E-state index in [1.807, 2.05) is 13.8 Å². The van der Waals surface area contributed by atoms with E-state index in [0.717, 1.165) is 12.8 Å². The molecule has 0 spiro atoms. The molecule has 1 aliphatic rings. The van der Waals surface area contributed by atoms with E-state index in [-0.39, 0.29) is 23.7 Å². The van der Waals surface area contributed by atoms with E-state index in [0.29, 0.717) is 36.8 Å². The van der Waals surface area contributed by atoms with Crippen LogP contribution in [0.4, 0.5) is 0 Å². The van der Waals surface area contributed by atoms with Crippen LogP contribution in [0.5, 0.6) is 0 Å². The summed E-state index contributed by atoms with van der Waals surface area (Å²) in [7, 11) is 0. The molecule has 0 N–H and O–H groups in total. The van der Waals surface area contributed by atoms with Crippen LogP contribution in [0.25, 0.3) is 0 Å². The van der Waals surface area contributed by atoms with E-state index >= 15 is 0 Å². The first-order valence-electron chi connectivity index (χ1n) is 8.69. The maximum absolute atomic E-state index is 12.8. The summed E-state index contributed by atoms with van der Waals surface area (Å²) in [5.41, 5.74) is 0.586. The summed E-state index contributed by atoms with van der Waals surface area (Å²) in [6.45, 7) is 5.83. The molecular weight excluding hydrogens is 338 g/mol. The topological polar surface area (TPSA) is 64.4 Å². The van der Waals surface area contributed by atoms with Crippen LogP contribution >= 0.6 is 11.6 Å². The van der Waals surface area contributed by atoms with Crippen molar-refractivity contribution in [1.29, 1.82) is 5.26 Å². The molecule has 0 saturated carbocycles. The number of amides is 2. The standard InChI is InChI=1S/C19H24ClN3O2/c1-3-22(12-14(2)11-21)19(25)16-5-4-10-23(13-16)18(24)15-6-8-17(20)9-7-15/h6-9,14,16H,3-5,10,12-13H2,1-2H3. The number of halogens is 1. The van der Waals surface area contributed by atoms with Crippen molar-refractivity contribution < 1.29 is 9.59 Å². The van der Waals surface area contributed by atoms with Gasteiger partial charge in [-0.25, -0.2) is 0 Å². The number of nitriles is 1. The highest BCUT2D eigenvalue weighted by Crippen LogP contribution is 2.22. The number of rotatable bonds is 5. The summed E-state index contributed by atoms with van der Waals surface area (Å²) in [5, 5.41) is 9.57. The summed E-state index contributed by atoms with van der Waals surface area (Å²) in [5.74, 6) is -0.420. The Morgan fingerprint density at radius 2 is 2.08 bits per heavy atom. The summed E-state index contributed by atoms with van der Waals surface area (Å²) in [6, 6.07) is 8.99. The second-order valence-electron chi connectivity index (χ2n) is 6.50. The zero-order valence-corrected chi connectivity index (χ0v) is 15.5. The van der Waals surface area contributed by atoms with Crippen molar-refractivity contribution in [2.24, 2.45) is 11.8 Å². The van der Waals surface area contributed by atoms with Crippen LogP contribution in [0.3, 0.4) is 0 Å². The van der Waals surface area contributed by atoms with Crippen molar-refractivity contribution in [1.82, 2.24) is 9.80 Å². The van der Waals surface area contributed by atoms with Crippen molar-refractivity contribution in [2.45, 2.75) is 26.7 Å². The molecule has 6 heteroatoms. The van der Waals surface area contributed by atoms with Gasteiger partial charge in [-0.3, -0.25) is 9.59 Å². The van der Waals surface area contributed by atoms with Gasteiger partial charge in [-0.2, -0.15) is 5.26 Å². The van der Waals surface area contributed by atoms with Gasteiger partial charge in [0.05, 0.1) is 17.9 Å². The predicted molar refractivity (Wildman–Crippen MR) is 97.1 cm³/mol. The molecule has 1 heterocycles. The third-order valence-electron chi connectivity index (χ3n) is 4.56. The number of likely N-dealkylation sites (tertiary alicyclic amines) is 1. The van der Waals surface area contributed by atoms with E-state index in [1.165, 1.54) is 0 Å². The Hall–Kier alpha value is -2.06. The molecule has 1 aromatic carbocycles. The Morgan fingerprint density at radius 1 is 1.40 bits per heavy atom. The van der Waals surface area contributed by atoms with Gasteiger partial charge in [-0.1, -0.05) is 11.6 Å². The van der Waals surface area contributed by atoms with E-state index in [4.69, 9.17) is 16.9 Å². The fourth-order valence-electron chi connectivity index (χ4n) is 3.14.